The summed E-state index contributed by atoms with van der Waals surface area (Å²) in [6, 6.07) is 6.82. The lowest BCUT2D eigenvalue weighted by molar-refractivity contribution is -0.347. The molecule has 1 aromatic carbocycles. The Morgan fingerprint density at radius 2 is 1.95 bits per heavy atom. The second-order valence-corrected chi connectivity index (χ2v) is 6.19. The number of H-pyrrole nitrogens is 1. The summed E-state index contributed by atoms with van der Waals surface area (Å²) in [4.78, 5) is 17.2. The van der Waals surface area contributed by atoms with Gasteiger partial charge in [-0.1, -0.05) is 11.3 Å². The van der Waals surface area contributed by atoms with Gasteiger partial charge in [0.1, 0.15) is 11.6 Å². The van der Waals surface area contributed by atoms with Crippen molar-refractivity contribution in [2.24, 2.45) is 0 Å². The predicted octanol–water partition coefficient (Wildman–Crippen LogP) is 3.27. The van der Waals surface area contributed by atoms with Crippen molar-refractivity contribution in [2.45, 2.75) is 13.8 Å². The van der Waals surface area contributed by atoms with Crippen molar-refractivity contribution in [1.29, 1.82) is 0 Å². The molecule has 3 N–H and O–H groups in total. The number of hydrogen-bond acceptors (Lipinski definition) is 4. The van der Waals surface area contributed by atoms with Crippen LogP contribution in [0.15, 0.2) is 30.3 Å². The summed E-state index contributed by atoms with van der Waals surface area (Å²) in [6.07, 6.45) is 0. The van der Waals surface area contributed by atoms with Crippen LogP contribution < -0.4 is 15.5 Å². The minimum Gasteiger partial charge on any atom is -0.419 e. The number of anilines is 1. The maximum atomic E-state index is 12.9. The normalized spacial score (nSPS) is 10.9. The molecular formula is C16H14FN2O2S+. The molecule has 3 rings (SSSR count). The van der Waals surface area contributed by atoms with Crippen LogP contribution in [0.1, 0.15) is 20.9 Å². The Balaban J connectivity index is 1.95. The number of nitrogen functional groups attached to an aromatic ring is 1. The average Bonchev–Trinajstić information content (AvgIpc) is 2.77. The van der Waals surface area contributed by atoms with Gasteiger partial charge in [-0.15, -0.1) is 0 Å². The lowest BCUT2D eigenvalue weighted by Gasteiger charge is -2.02. The molecule has 0 spiro atoms. The van der Waals surface area contributed by atoms with Gasteiger partial charge in [-0.3, -0.25) is 0 Å². The van der Waals surface area contributed by atoms with Crippen LogP contribution in [0.2, 0.25) is 0 Å². The van der Waals surface area contributed by atoms with E-state index in [1.807, 2.05) is 13.8 Å². The summed E-state index contributed by atoms with van der Waals surface area (Å²) < 4.78 is 18.1. The zero-order valence-electron chi connectivity index (χ0n) is 12.1. The van der Waals surface area contributed by atoms with Crippen molar-refractivity contribution < 1.29 is 18.9 Å². The zero-order valence-corrected chi connectivity index (χ0v) is 12.9. The Labute approximate surface area is 130 Å². The number of thiophene rings is 1. The molecule has 0 unspecified atom stereocenters. The molecule has 0 radical (unpaired) electrons. The molecule has 112 valence electrons. The Kier molecular flexibility index (Phi) is 3.54. The molecule has 0 aliphatic rings. The molecule has 0 amide bonds. The number of ether oxygens (including phenoxy) is 1. The first-order valence-electron chi connectivity index (χ1n) is 6.65. The quantitative estimate of drug-likeness (QED) is 0.582. The van der Waals surface area contributed by atoms with E-state index in [9.17, 15) is 9.18 Å². The number of hydrogen-bond donors (Lipinski definition) is 1. The number of rotatable bonds is 2. The van der Waals surface area contributed by atoms with Crippen LogP contribution in [0.25, 0.3) is 10.2 Å². The molecule has 3 aromatic rings. The van der Waals surface area contributed by atoms with Crippen LogP contribution in [-0.2, 0) is 0 Å². The SMILES string of the molecule is Cc1sc2[nH+]c(C(=O)Oc3ccc(F)cc3)cc(N)c2c1C. The van der Waals surface area contributed by atoms with Gasteiger partial charge in [0.2, 0.25) is 0 Å². The number of halogens is 1. The topological polar surface area (TPSA) is 66.5 Å². The molecule has 6 heteroatoms. The predicted molar refractivity (Wildman–Crippen MR) is 83.6 cm³/mol. The third kappa shape index (κ3) is 2.53. The average molecular weight is 317 g/mol. The Morgan fingerprint density at radius 3 is 2.64 bits per heavy atom. The van der Waals surface area contributed by atoms with Gasteiger partial charge in [-0.05, 0) is 43.7 Å². The van der Waals surface area contributed by atoms with Crippen LogP contribution in [0.4, 0.5) is 10.1 Å². The summed E-state index contributed by atoms with van der Waals surface area (Å²) in [7, 11) is 0. The van der Waals surface area contributed by atoms with E-state index in [1.54, 1.807) is 6.07 Å². The first kappa shape index (κ1) is 14.5. The van der Waals surface area contributed by atoms with E-state index < -0.39 is 5.97 Å². The maximum absolute atomic E-state index is 12.9. The largest absolute Gasteiger partial charge is 0.419 e. The van der Waals surface area contributed by atoms with Gasteiger partial charge >= 0.3 is 5.97 Å². The number of esters is 1. The van der Waals surface area contributed by atoms with Gasteiger partial charge in [0, 0.05) is 10.9 Å². The fourth-order valence-electron chi connectivity index (χ4n) is 2.22. The van der Waals surface area contributed by atoms with E-state index in [2.05, 4.69) is 4.98 Å². The fourth-order valence-corrected chi connectivity index (χ4v) is 3.32. The number of nitrogens with two attached hydrogens (primary N) is 1. The van der Waals surface area contributed by atoms with Crippen LogP contribution in [0, 0.1) is 19.7 Å². The number of nitrogens with one attached hydrogen (secondary N) is 1. The van der Waals surface area contributed by atoms with Crippen molar-refractivity contribution in [1.82, 2.24) is 0 Å². The molecule has 0 saturated carbocycles. The second-order valence-electron chi connectivity index (χ2n) is 4.97. The van der Waals surface area contributed by atoms with Gasteiger partial charge in [0.15, 0.2) is 0 Å². The smallest absolute Gasteiger partial charge is 0.409 e. The molecule has 0 aliphatic heterocycles. The highest BCUT2D eigenvalue weighted by atomic mass is 32.1. The molecule has 2 aromatic heterocycles. The van der Waals surface area contributed by atoms with Crippen LogP contribution in [-0.4, -0.2) is 5.97 Å². The molecule has 0 fully saturated rings. The monoisotopic (exact) mass is 317 g/mol. The first-order chi connectivity index (χ1) is 10.5. The number of aryl methyl sites for hydroxylation is 2. The molecule has 0 atom stereocenters. The van der Waals surface area contributed by atoms with Crippen molar-refractivity contribution >= 4 is 33.2 Å². The van der Waals surface area contributed by atoms with Gasteiger partial charge in [-0.2, -0.15) is 4.98 Å². The number of fused-ring (bicyclic) bond motifs is 1. The molecule has 22 heavy (non-hydrogen) atoms. The summed E-state index contributed by atoms with van der Waals surface area (Å²) in [5, 5.41) is 0.931. The van der Waals surface area contributed by atoms with E-state index >= 15 is 0 Å². The van der Waals surface area contributed by atoms with E-state index in [0.717, 1.165) is 20.7 Å². The van der Waals surface area contributed by atoms with Crippen LogP contribution in [0.5, 0.6) is 5.75 Å². The number of aromatic nitrogens is 1. The zero-order chi connectivity index (χ0) is 15.9. The molecule has 2 heterocycles. The fraction of sp³-hybridized carbons (Fsp3) is 0.125. The number of benzene rings is 1. The molecule has 0 aliphatic carbocycles. The number of carbonyl (C=O) groups excluding carboxylic acids is 1. The van der Waals surface area contributed by atoms with Crippen molar-refractivity contribution in [3.63, 3.8) is 0 Å². The van der Waals surface area contributed by atoms with Gasteiger partial charge in [0.05, 0.1) is 11.1 Å². The third-order valence-corrected chi connectivity index (χ3v) is 4.59. The third-order valence-electron chi connectivity index (χ3n) is 3.47. The molecule has 4 nitrogen and oxygen atoms in total. The Bertz CT molecular complexity index is 872. The summed E-state index contributed by atoms with van der Waals surface area (Å²) in [6.45, 7) is 4.00. The molecular weight excluding hydrogens is 303 g/mol. The minimum atomic E-state index is -0.566. The highest BCUT2D eigenvalue weighted by molar-refractivity contribution is 7.18. The summed E-state index contributed by atoms with van der Waals surface area (Å²) >= 11 is 1.54. The van der Waals surface area contributed by atoms with E-state index in [0.29, 0.717) is 5.69 Å². The summed E-state index contributed by atoms with van der Waals surface area (Å²) in [5.41, 5.74) is 7.94. The molecule has 0 saturated heterocycles. The van der Waals surface area contributed by atoms with E-state index in [1.165, 1.54) is 35.6 Å². The number of pyridine rings is 1. The van der Waals surface area contributed by atoms with E-state index in [-0.39, 0.29) is 17.3 Å². The van der Waals surface area contributed by atoms with Gasteiger partial charge in [-0.25, -0.2) is 9.18 Å². The molecule has 0 bridgehead atoms. The number of aromatic amines is 1. The Hall–Kier alpha value is -2.47. The van der Waals surface area contributed by atoms with Gasteiger partial charge in [0.25, 0.3) is 10.5 Å². The highest BCUT2D eigenvalue weighted by Gasteiger charge is 2.22. The van der Waals surface area contributed by atoms with Gasteiger partial charge < -0.3 is 10.5 Å². The maximum Gasteiger partial charge on any atom is 0.409 e. The van der Waals surface area contributed by atoms with Crippen LogP contribution in [0.3, 0.4) is 0 Å². The van der Waals surface area contributed by atoms with Crippen molar-refractivity contribution in [3.8, 4) is 5.75 Å². The van der Waals surface area contributed by atoms with Crippen molar-refractivity contribution in [2.75, 3.05) is 5.73 Å². The highest BCUT2D eigenvalue weighted by Crippen LogP contribution is 2.31. The minimum absolute atomic E-state index is 0.260. The number of carbonyl (C=O) groups is 1. The second kappa shape index (κ2) is 5.38. The standard InChI is InChI=1S/C16H13FN2O2S/c1-8-9(2)22-15-14(8)12(18)7-13(19-15)16(20)21-11-5-3-10(17)4-6-11/h3-7H,1-2H3,(H2,18,19)/p+1. The lowest BCUT2D eigenvalue weighted by atomic mass is 10.1. The Morgan fingerprint density at radius 1 is 1.27 bits per heavy atom. The lowest BCUT2D eigenvalue weighted by Crippen LogP contribution is -2.21. The summed E-state index contributed by atoms with van der Waals surface area (Å²) in [5.74, 6) is -0.678. The van der Waals surface area contributed by atoms with Crippen molar-refractivity contribution in [3.05, 3.63) is 52.3 Å². The first-order valence-corrected chi connectivity index (χ1v) is 7.46. The van der Waals surface area contributed by atoms with E-state index in [4.69, 9.17) is 10.5 Å². The van der Waals surface area contributed by atoms with Crippen LogP contribution >= 0.6 is 11.3 Å².